The Kier molecular flexibility index (Phi) is 4.72. The number of H-pyrrole nitrogens is 1. The Bertz CT molecular complexity index is 516. The molecule has 5 N–H and O–H groups in total. The van der Waals surface area contributed by atoms with E-state index >= 15 is 0 Å². The molecule has 0 bridgehead atoms. The van der Waals surface area contributed by atoms with Crippen molar-refractivity contribution < 1.29 is 14.7 Å². The molecular weight excluding hydrogens is 260 g/mol. The average molecular weight is 272 g/mol. The Morgan fingerprint density at radius 1 is 1.67 bits per heavy atom. The molecule has 1 unspecified atom stereocenters. The standard InChI is InChI=1S/C9H12N4O4S/c1-4(14)13-5(9(16)17)2-18-8-6(10)7(15)11-3-12-8/h3,5H,2,10H2,1H3,(H,13,14)(H,16,17)(H,11,12,15). The number of hydrogen-bond donors (Lipinski definition) is 4. The van der Waals surface area contributed by atoms with E-state index in [9.17, 15) is 14.4 Å². The van der Waals surface area contributed by atoms with Gasteiger partial charge in [-0.25, -0.2) is 9.78 Å². The highest BCUT2D eigenvalue weighted by atomic mass is 32.2. The summed E-state index contributed by atoms with van der Waals surface area (Å²) in [6.45, 7) is 1.22. The van der Waals surface area contributed by atoms with Crippen molar-refractivity contribution in [2.45, 2.75) is 18.0 Å². The molecule has 1 rings (SSSR count). The highest BCUT2D eigenvalue weighted by molar-refractivity contribution is 7.99. The van der Waals surface area contributed by atoms with Crippen LogP contribution in [0.2, 0.25) is 0 Å². The van der Waals surface area contributed by atoms with Gasteiger partial charge in [0.25, 0.3) is 5.56 Å². The van der Waals surface area contributed by atoms with Crippen LogP contribution >= 0.6 is 11.8 Å². The van der Waals surface area contributed by atoms with E-state index in [0.717, 1.165) is 11.8 Å². The zero-order valence-corrected chi connectivity index (χ0v) is 10.3. The number of aromatic nitrogens is 2. The smallest absolute Gasteiger partial charge is 0.327 e. The van der Waals surface area contributed by atoms with Crippen molar-refractivity contribution in [3.8, 4) is 0 Å². The molecule has 0 fully saturated rings. The molecule has 0 aliphatic rings. The number of carboxylic acids is 1. The minimum Gasteiger partial charge on any atom is -0.480 e. The first kappa shape index (κ1) is 14.0. The maximum atomic E-state index is 11.2. The molecule has 0 radical (unpaired) electrons. The number of aliphatic carboxylic acids is 1. The predicted molar refractivity (Wildman–Crippen MR) is 65.2 cm³/mol. The lowest BCUT2D eigenvalue weighted by atomic mass is 10.3. The summed E-state index contributed by atoms with van der Waals surface area (Å²) in [6, 6.07) is -1.06. The van der Waals surface area contributed by atoms with Crippen molar-refractivity contribution in [3.05, 3.63) is 16.7 Å². The molecule has 1 aromatic heterocycles. The van der Waals surface area contributed by atoms with E-state index in [1.807, 2.05) is 0 Å². The molecule has 1 heterocycles. The highest BCUT2D eigenvalue weighted by Crippen LogP contribution is 2.19. The molecule has 0 saturated heterocycles. The number of nitrogens with one attached hydrogen (secondary N) is 2. The normalized spacial score (nSPS) is 11.8. The lowest BCUT2D eigenvalue weighted by molar-refractivity contribution is -0.140. The molecule has 8 nitrogen and oxygen atoms in total. The SMILES string of the molecule is CC(=O)NC(CSc1nc[nH]c(=O)c1N)C(=O)O. The molecule has 18 heavy (non-hydrogen) atoms. The third-order valence-corrected chi connectivity index (χ3v) is 3.01. The van der Waals surface area contributed by atoms with Gasteiger partial charge in [-0.05, 0) is 0 Å². The summed E-state index contributed by atoms with van der Waals surface area (Å²) in [5.41, 5.74) is 4.92. The summed E-state index contributed by atoms with van der Waals surface area (Å²) >= 11 is 0.988. The Balaban J connectivity index is 2.73. The van der Waals surface area contributed by atoms with E-state index in [-0.39, 0.29) is 16.5 Å². The second kappa shape index (κ2) is 6.05. The number of carbonyl (C=O) groups excluding carboxylic acids is 1. The molecule has 98 valence electrons. The molecule has 1 aromatic rings. The van der Waals surface area contributed by atoms with Crippen molar-refractivity contribution in [3.63, 3.8) is 0 Å². The number of nitrogens with two attached hydrogens (primary N) is 1. The van der Waals surface area contributed by atoms with Gasteiger partial charge < -0.3 is 21.1 Å². The number of nitrogens with zero attached hydrogens (tertiary/aromatic N) is 1. The molecule has 0 aromatic carbocycles. The number of amides is 1. The molecule has 0 saturated carbocycles. The molecule has 0 spiro atoms. The lowest BCUT2D eigenvalue weighted by Crippen LogP contribution is -2.41. The largest absolute Gasteiger partial charge is 0.480 e. The zero-order chi connectivity index (χ0) is 13.7. The topological polar surface area (TPSA) is 138 Å². The minimum absolute atomic E-state index is 0.0234. The van der Waals surface area contributed by atoms with E-state index in [1.54, 1.807) is 0 Å². The first-order valence-corrected chi connectivity index (χ1v) is 5.86. The van der Waals surface area contributed by atoms with E-state index in [1.165, 1.54) is 13.3 Å². The van der Waals surface area contributed by atoms with Gasteiger partial charge in [0, 0.05) is 12.7 Å². The number of thioether (sulfide) groups is 1. The minimum atomic E-state index is -1.17. The van der Waals surface area contributed by atoms with E-state index < -0.39 is 23.5 Å². The second-order valence-electron chi connectivity index (χ2n) is 3.35. The summed E-state index contributed by atoms with van der Waals surface area (Å²) < 4.78 is 0. The van der Waals surface area contributed by atoms with Crippen molar-refractivity contribution in [2.24, 2.45) is 0 Å². The first-order valence-electron chi connectivity index (χ1n) is 4.87. The Morgan fingerprint density at radius 3 is 2.89 bits per heavy atom. The fourth-order valence-electron chi connectivity index (χ4n) is 1.09. The fraction of sp³-hybridized carbons (Fsp3) is 0.333. The molecule has 9 heteroatoms. The van der Waals surface area contributed by atoms with Crippen molar-refractivity contribution in [2.75, 3.05) is 11.5 Å². The van der Waals surface area contributed by atoms with Crippen LogP contribution in [0.4, 0.5) is 5.69 Å². The van der Waals surface area contributed by atoms with Gasteiger partial charge in [0.15, 0.2) is 0 Å². The molecule has 1 amide bonds. The summed E-state index contributed by atoms with van der Waals surface area (Å²) in [4.78, 5) is 39.0. The number of anilines is 1. The number of carboxylic acid groups (broad SMARTS) is 1. The summed E-state index contributed by atoms with van der Waals surface area (Å²) in [6.07, 6.45) is 1.18. The Labute approximate surface area is 106 Å². The van der Waals surface area contributed by atoms with Crippen molar-refractivity contribution in [1.82, 2.24) is 15.3 Å². The van der Waals surface area contributed by atoms with Crippen LogP contribution in [0.25, 0.3) is 0 Å². The third kappa shape index (κ3) is 3.77. The van der Waals surface area contributed by atoms with E-state index in [2.05, 4.69) is 15.3 Å². The first-order chi connectivity index (χ1) is 8.41. The Hall–Kier alpha value is -2.03. The molecule has 0 aliphatic carbocycles. The number of rotatable bonds is 5. The quantitative estimate of drug-likeness (QED) is 0.399. The van der Waals surface area contributed by atoms with Gasteiger partial charge in [0.2, 0.25) is 5.91 Å². The van der Waals surface area contributed by atoms with Crippen LogP contribution in [0.15, 0.2) is 16.1 Å². The van der Waals surface area contributed by atoms with Crippen LogP contribution in [0.3, 0.4) is 0 Å². The van der Waals surface area contributed by atoms with Crippen molar-refractivity contribution >= 4 is 29.3 Å². The van der Waals surface area contributed by atoms with E-state index in [0.29, 0.717) is 0 Å². The monoisotopic (exact) mass is 272 g/mol. The average Bonchev–Trinajstić information content (AvgIpc) is 2.28. The van der Waals surface area contributed by atoms with Gasteiger partial charge >= 0.3 is 5.97 Å². The van der Waals surface area contributed by atoms with Gasteiger partial charge in [-0.15, -0.1) is 11.8 Å². The van der Waals surface area contributed by atoms with Crippen LogP contribution in [0, 0.1) is 0 Å². The van der Waals surface area contributed by atoms with Crippen LogP contribution in [-0.4, -0.2) is 38.7 Å². The Morgan fingerprint density at radius 2 is 2.33 bits per heavy atom. The number of nitrogen functional groups attached to an aromatic ring is 1. The molecular formula is C9H12N4O4S. The fourth-order valence-corrected chi connectivity index (χ4v) is 2.02. The molecule has 0 aliphatic heterocycles. The zero-order valence-electron chi connectivity index (χ0n) is 9.47. The number of carbonyl (C=O) groups is 2. The maximum absolute atomic E-state index is 11.2. The second-order valence-corrected chi connectivity index (χ2v) is 4.36. The third-order valence-electron chi connectivity index (χ3n) is 1.91. The van der Waals surface area contributed by atoms with Gasteiger partial charge in [-0.2, -0.15) is 0 Å². The van der Waals surface area contributed by atoms with Crippen molar-refractivity contribution in [1.29, 1.82) is 0 Å². The maximum Gasteiger partial charge on any atom is 0.327 e. The summed E-state index contributed by atoms with van der Waals surface area (Å²) in [5, 5.41) is 11.4. The van der Waals surface area contributed by atoms with Gasteiger partial charge in [0.05, 0.1) is 6.33 Å². The summed E-state index contributed by atoms with van der Waals surface area (Å²) in [7, 11) is 0. The highest BCUT2D eigenvalue weighted by Gasteiger charge is 2.19. The van der Waals surface area contributed by atoms with Crippen LogP contribution in [-0.2, 0) is 9.59 Å². The number of aromatic amines is 1. The van der Waals surface area contributed by atoms with Crippen LogP contribution < -0.4 is 16.6 Å². The summed E-state index contributed by atoms with van der Waals surface area (Å²) in [5.74, 6) is -1.59. The lowest BCUT2D eigenvalue weighted by Gasteiger charge is -2.12. The predicted octanol–water partition coefficient (Wildman–Crippen LogP) is -0.966. The van der Waals surface area contributed by atoms with Crippen LogP contribution in [0.1, 0.15) is 6.92 Å². The molecule has 1 atom stereocenters. The van der Waals surface area contributed by atoms with Crippen LogP contribution in [0.5, 0.6) is 0 Å². The van der Waals surface area contributed by atoms with Gasteiger partial charge in [-0.1, -0.05) is 0 Å². The van der Waals surface area contributed by atoms with Gasteiger partial charge in [0.1, 0.15) is 16.8 Å². The number of hydrogen-bond acceptors (Lipinski definition) is 6. The van der Waals surface area contributed by atoms with E-state index in [4.69, 9.17) is 10.8 Å². The van der Waals surface area contributed by atoms with Gasteiger partial charge in [-0.3, -0.25) is 9.59 Å².